The van der Waals surface area contributed by atoms with Crippen molar-refractivity contribution in [3.05, 3.63) is 27.7 Å². The Bertz CT molecular complexity index is 384. The fourth-order valence-electron chi connectivity index (χ4n) is 1.46. The van der Waals surface area contributed by atoms with Crippen LogP contribution in [0.3, 0.4) is 0 Å². The van der Waals surface area contributed by atoms with E-state index in [2.05, 4.69) is 15.9 Å². The summed E-state index contributed by atoms with van der Waals surface area (Å²) in [6.07, 6.45) is 0.616. The van der Waals surface area contributed by atoms with Crippen molar-refractivity contribution in [1.82, 2.24) is 0 Å². The van der Waals surface area contributed by atoms with Crippen LogP contribution < -0.4 is 10.5 Å². The highest BCUT2D eigenvalue weighted by molar-refractivity contribution is 9.10. The number of ether oxygens (including phenoxy) is 1. The second-order valence-electron chi connectivity index (χ2n) is 3.15. The Morgan fingerprint density at radius 1 is 1.50 bits per heavy atom. The smallest absolute Gasteiger partial charge is 0.176 e. The molecule has 1 heterocycles. The maximum Gasteiger partial charge on any atom is 0.176 e. The molecule has 2 N–H and O–H groups in total. The van der Waals surface area contributed by atoms with E-state index < -0.39 is 11.6 Å². The summed E-state index contributed by atoms with van der Waals surface area (Å²) >= 11 is 2.95. The van der Waals surface area contributed by atoms with Crippen molar-refractivity contribution in [3.63, 3.8) is 0 Å². The zero-order chi connectivity index (χ0) is 10.3. The van der Waals surface area contributed by atoms with Gasteiger partial charge < -0.3 is 10.5 Å². The van der Waals surface area contributed by atoms with E-state index in [0.717, 1.165) is 6.07 Å². The summed E-state index contributed by atoms with van der Waals surface area (Å²) in [7, 11) is 0. The van der Waals surface area contributed by atoms with Crippen molar-refractivity contribution in [3.8, 4) is 5.75 Å². The normalized spacial score (nSPS) is 20.1. The fraction of sp³-hybridized carbons (Fsp3) is 0.333. The number of rotatable bonds is 0. The summed E-state index contributed by atoms with van der Waals surface area (Å²) < 4.78 is 31.4. The van der Waals surface area contributed by atoms with Crippen LogP contribution in [0, 0.1) is 11.6 Å². The summed E-state index contributed by atoms with van der Waals surface area (Å²) in [5.41, 5.74) is 6.26. The topological polar surface area (TPSA) is 35.2 Å². The van der Waals surface area contributed by atoms with Gasteiger partial charge in [0.25, 0.3) is 0 Å². The van der Waals surface area contributed by atoms with Gasteiger partial charge in [0.1, 0.15) is 5.75 Å². The van der Waals surface area contributed by atoms with Gasteiger partial charge in [0.2, 0.25) is 0 Å². The minimum Gasteiger partial charge on any atom is -0.492 e. The Kier molecular flexibility index (Phi) is 2.45. The number of hydrogen-bond donors (Lipinski definition) is 1. The van der Waals surface area contributed by atoms with Crippen LogP contribution in [0.25, 0.3) is 0 Å². The fourth-order valence-corrected chi connectivity index (χ4v) is 2.00. The van der Waals surface area contributed by atoms with E-state index >= 15 is 0 Å². The lowest BCUT2D eigenvalue weighted by Gasteiger charge is -2.24. The Labute approximate surface area is 88.2 Å². The molecular formula is C9H8BrF2NO. The number of benzene rings is 1. The van der Waals surface area contributed by atoms with Crippen molar-refractivity contribution in [2.45, 2.75) is 12.5 Å². The number of hydrogen-bond acceptors (Lipinski definition) is 2. The standard InChI is InChI=1S/C9H8BrF2NO/c10-7-8(12)5(11)3-4-6(13)1-2-14-9(4)7/h3,6H,1-2,13H2. The molecule has 1 aliphatic rings. The molecular weight excluding hydrogens is 256 g/mol. The van der Waals surface area contributed by atoms with Gasteiger partial charge in [0.15, 0.2) is 11.6 Å². The molecule has 0 radical (unpaired) electrons. The molecule has 0 saturated carbocycles. The van der Waals surface area contributed by atoms with E-state index in [4.69, 9.17) is 10.5 Å². The molecule has 2 rings (SSSR count). The molecule has 0 aliphatic carbocycles. The quantitative estimate of drug-likeness (QED) is 0.731. The van der Waals surface area contributed by atoms with Gasteiger partial charge in [-0.2, -0.15) is 0 Å². The number of fused-ring (bicyclic) bond motifs is 1. The van der Waals surface area contributed by atoms with Gasteiger partial charge in [-0.15, -0.1) is 0 Å². The van der Waals surface area contributed by atoms with Gasteiger partial charge in [-0.3, -0.25) is 0 Å². The number of nitrogens with two attached hydrogens (primary N) is 1. The van der Waals surface area contributed by atoms with Crippen LogP contribution in [0.4, 0.5) is 8.78 Å². The Balaban J connectivity index is 2.63. The Morgan fingerprint density at radius 3 is 2.93 bits per heavy atom. The van der Waals surface area contributed by atoms with Crippen molar-refractivity contribution in [1.29, 1.82) is 0 Å². The number of halogens is 3. The zero-order valence-corrected chi connectivity index (χ0v) is 8.77. The molecule has 0 amide bonds. The first-order valence-electron chi connectivity index (χ1n) is 4.17. The predicted molar refractivity (Wildman–Crippen MR) is 51.1 cm³/mol. The van der Waals surface area contributed by atoms with E-state index in [1.54, 1.807) is 0 Å². The maximum atomic E-state index is 13.1. The molecule has 0 spiro atoms. The predicted octanol–water partition coefficient (Wildman–Crippen LogP) is 2.51. The van der Waals surface area contributed by atoms with E-state index in [9.17, 15) is 8.78 Å². The maximum absolute atomic E-state index is 13.1. The summed E-state index contributed by atoms with van der Waals surface area (Å²) in [6, 6.07) is 0.810. The van der Waals surface area contributed by atoms with Gasteiger partial charge >= 0.3 is 0 Å². The minimum atomic E-state index is -0.933. The second kappa shape index (κ2) is 3.47. The van der Waals surface area contributed by atoms with E-state index in [0.29, 0.717) is 24.3 Å². The molecule has 0 saturated heterocycles. The highest BCUT2D eigenvalue weighted by Gasteiger charge is 2.24. The average molecular weight is 264 g/mol. The SMILES string of the molecule is NC1CCOc2c1cc(F)c(F)c2Br. The van der Waals surface area contributed by atoms with E-state index in [-0.39, 0.29) is 10.5 Å². The van der Waals surface area contributed by atoms with Crippen molar-refractivity contribution >= 4 is 15.9 Å². The summed E-state index contributed by atoms with van der Waals surface area (Å²) in [5, 5.41) is 0. The van der Waals surface area contributed by atoms with Gasteiger partial charge in [-0.1, -0.05) is 0 Å². The third kappa shape index (κ3) is 1.40. The van der Waals surface area contributed by atoms with Gasteiger partial charge in [-0.05, 0) is 22.0 Å². The van der Waals surface area contributed by atoms with Gasteiger partial charge in [0, 0.05) is 18.0 Å². The first-order valence-corrected chi connectivity index (χ1v) is 4.96. The second-order valence-corrected chi connectivity index (χ2v) is 3.94. The molecule has 1 aromatic rings. The highest BCUT2D eigenvalue weighted by atomic mass is 79.9. The summed E-state index contributed by atoms with van der Waals surface area (Å²) in [6.45, 7) is 0.428. The summed E-state index contributed by atoms with van der Waals surface area (Å²) in [4.78, 5) is 0. The largest absolute Gasteiger partial charge is 0.492 e. The molecule has 1 unspecified atom stereocenters. The first-order chi connectivity index (χ1) is 6.61. The highest BCUT2D eigenvalue weighted by Crippen LogP contribution is 2.39. The lowest BCUT2D eigenvalue weighted by Crippen LogP contribution is -2.21. The molecule has 0 aromatic heterocycles. The van der Waals surface area contributed by atoms with Crippen molar-refractivity contribution < 1.29 is 13.5 Å². The first kappa shape index (κ1) is 9.86. The molecule has 1 atom stereocenters. The Morgan fingerprint density at radius 2 is 2.21 bits per heavy atom. The van der Waals surface area contributed by atoms with Crippen LogP contribution in [0.1, 0.15) is 18.0 Å². The molecule has 1 aliphatic heterocycles. The van der Waals surface area contributed by atoms with E-state index in [1.807, 2.05) is 0 Å². The van der Waals surface area contributed by atoms with Crippen molar-refractivity contribution in [2.75, 3.05) is 6.61 Å². The molecule has 0 bridgehead atoms. The van der Waals surface area contributed by atoms with Crippen molar-refractivity contribution in [2.24, 2.45) is 5.73 Å². The molecule has 76 valence electrons. The molecule has 2 nitrogen and oxygen atoms in total. The van der Waals surface area contributed by atoms with Gasteiger partial charge in [-0.25, -0.2) is 8.78 Å². The third-order valence-corrected chi connectivity index (χ3v) is 2.93. The van der Waals surface area contributed by atoms with Crippen LogP contribution in [0.5, 0.6) is 5.75 Å². The molecule has 1 aromatic carbocycles. The van der Waals surface area contributed by atoms with Crippen LogP contribution in [-0.4, -0.2) is 6.61 Å². The van der Waals surface area contributed by atoms with Crippen LogP contribution in [0.15, 0.2) is 10.5 Å². The monoisotopic (exact) mass is 263 g/mol. The molecule has 0 fully saturated rings. The van der Waals surface area contributed by atoms with E-state index in [1.165, 1.54) is 0 Å². The lowest BCUT2D eigenvalue weighted by molar-refractivity contribution is 0.263. The third-order valence-electron chi connectivity index (χ3n) is 2.22. The lowest BCUT2D eigenvalue weighted by atomic mass is 10.0. The van der Waals surface area contributed by atoms with Gasteiger partial charge in [0.05, 0.1) is 11.1 Å². The Hall–Kier alpha value is -0.680. The van der Waals surface area contributed by atoms with Crippen LogP contribution >= 0.6 is 15.9 Å². The van der Waals surface area contributed by atoms with Crippen LogP contribution in [-0.2, 0) is 0 Å². The zero-order valence-electron chi connectivity index (χ0n) is 7.19. The van der Waals surface area contributed by atoms with Crippen LogP contribution in [0.2, 0.25) is 0 Å². The minimum absolute atomic E-state index is 0.0163. The summed E-state index contributed by atoms with van der Waals surface area (Å²) in [5.74, 6) is -1.52. The molecule has 5 heteroatoms. The molecule has 14 heavy (non-hydrogen) atoms. The average Bonchev–Trinajstić information content (AvgIpc) is 2.17.